The molecule has 0 radical (unpaired) electrons. The summed E-state index contributed by atoms with van der Waals surface area (Å²) in [6.07, 6.45) is 1.45. The number of carbonyl (C=O) groups excluding carboxylic acids is 1. The Hall–Kier alpha value is -2.07. The fourth-order valence-corrected chi connectivity index (χ4v) is 3.34. The Bertz CT molecular complexity index is 780. The Morgan fingerprint density at radius 3 is 2.59 bits per heavy atom. The molecule has 0 amide bonds. The zero-order valence-corrected chi connectivity index (χ0v) is 13.3. The third kappa shape index (κ3) is 3.22. The van der Waals surface area contributed by atoms with E-state index in [-0.39, 0.29) is 5.78 Å². The summed E-state index contributed by atoms with van der Waals surface area (Å²) in [5, 5.41) is 1.01. The summed E-state index contributed by atoms with van der Waals surface area (Å²) >= 11 is 1.71. The lowest BCUT2D eigenvalue weighted by molar-refractivity contribution is 0.0982. The molecular formula is C18H18N2OS. The van der Waals surface area contributed by atoms with Crippen LogP contribution in [0.25, 0.3) is 11.0 Å². The molecule has 3 rings (SSSR count). The van der Waals surface area contributed by atoms with Crippen LogP contribution < -0.4 is 0 Å². The van der Waals surface area contributed by atoms with Gasteiger partial charge in [0.25, 0.3) is 0 Å². The zero-order chi connectivity index (χ0) is 15.4. The highest BCUT2D eigenvalue weighted by molar-refractivity contribution is 7.99. The summed E-state index contributed by atoms with van der Waals surface area (Å²) in [5.41, 5.74) is 2.97. The molecule has 0 atom stereocenters. The Morgan fingerprint density at radius 1 is 1.09 bits per heavy atom. The van der Waals surface area contributed by atoms with Crippen molar-refractivity contribution in [1.82, 2.24) is 9.55 Å². The van der Waals surface area contributed by atoms with Gasteiger partial charge in [-0.2, -0.15) is 0 Å². The van der Waals surface area contributed by atoms with E-state index in [0.29, 0.717) is 6.42 Å². The largest absolute Gasteiger partial charge is 0.322 e. The first kappa shape index (κ1) is 14.9. The molecule has 0 unspecified atom stereocenters. The van der Waals surface area contributed by atoms with Crippen LogP contribution in [-0.4, -0.2) is 21.1 Å². The third-order valence-corrected chi connectivity index (χ3v) is 4.74. The minimum atomic E-state index is 0.214. The number of thioether (sulfide) groups is 1. The van der Waals surface area contributed by atoms with Crippen LogP contribution >= 0.6 is 11.8 Å². The van der Waals surface area contributed by atoms with E-state index in [1.807, 2.05) is 55.6 Å². The summed E-state index contributed by atoms with van der Waals surface area (Å²) in [6.45, 7) is 0. The molecule has 112 valence electrons. The lowest BCUT2D eigenvalue weighted by Gasteiger charge is -2.02. The number of benzene rings is 2. The molecule has 1 heterocycles. The van der Waals surface area contributed by atoms with Crippen LogP contribution in [0.3, 0.4) is 0 Å². The predicted molar refractivity (Wildman–Crippen MR) is 91.4 cm³/mol. The molecule has 22 heavy (non-hydrogen) atoms. The third-order valence-electron chi connectivity index (χ3n) is 3.62. The fourth-order valence-electron chi connectivity index (χ4n) is 2.42. The van der Waals surface area contributed by atoms with Gasteiger partial charge in [-0.3, -0.25) is 4.79 Å². The maximum absolute atomic E-state index is 12.0. The summed E-state index contributed by atoms with van der Waals surface area (Å²) in [6, 6.07) is 17.6. The number of rotatable bonds is 6. The lowest BCUT2D eigenvalue weighted by Crippen LogP contribution is -1.99. The van der Waals surface area contributed by atoms with Gasteiger partial charge in [0.05, 0.1) is 11.0 Å². The van der Waals surface area contributed by atoms with Crippen molar-refractivity contribution in [1.29, 1.82) is 0 Å². The number of carbonyl (C=O) groups is 1. The minimum absolute atomic E-state index is 0.214. The van der Waals surface area contributed by atoms with Crippen LogP contribution in [0, 0.1) is 0 Å². The van der Waals surface area contributed by atoms with Gasteiger partial charge in [0, 0.05) is 24.8 Å². The molecule has 0 fully saturated rings. The number of para-hydroxylation sites is 2. The molecular weight excluding hydrogens is 292 g/mol. The number of hydrogen-bond acceptors (Lipinski definition) is 3. The number of nitrogens with zero attached hydrogens (tertiary/aromatic N) is 2. The van der Waals surface area contributed by atoms with E-state index in [2.05, 4.69) is 15.6 Å². The Balaban J connectivity index is 1.54. The molecule has 1 aromatic heterocycles. The second-order valence-corrected chi connectivity index (χ2v) is 6.25. The second kappa shape index (κ2) is 6.79. The molecule has 0 aliphatic heterocycles. The van der Waals surface area contributed by atoms with E-state index in [4.69, 9.17) is 0 Å². The maximum Gasteiger partial charge on any atom is 0.168 e. The standard InChI is InChI=1S/C18H18N2OS/c1-20-16-11-6-5-10-15(16)19-18(20)22-13-7-12-17(21)14-8-3-2-4-9-14/h2-6,8-11H,7,12-13H2,1H3. The first-order valence-corrected chi connectivity index (χ1v) is 8.37. The molecule has 0 saturated carbocycles. The highest BCUT2D eigenvalue weighted by Crippen LogP contribution is 2.23. The smallest absolute Gasteiger partial charge is 0.168 e. The van der Waals surface area contributed by atoms with E-state index >= 15 is 0 Å². The average molecular weight is 310 g/mol. The number of fused-ring (bicyclic) bond motifs is 1. The van der Waals surface area contributed by atoms with Crippen LogP contribution in [0.2, 0.25) is 0 Å². The van der Waals surface area contributed by atoms with Crippen LogP contribution in [0.1, 0.15) is 23.2 Å². The normalized spacial score (nSPS) is 11.0. The number of ketones is 1. The van der Waals surface area contributed by atoms with E-state index in [1.54, 1.807) is 11.8 Å². The van der Waals surface area contributed by atoms with Gasteiger partial charge < -0.3 is 4.57 Å². The van der Waals surface area contributed by atoms with Gasteiger partial charge in [-0.15, -0.1) is 0 Å². The number of Topliss-reactive ketones (excluding diaryl/α,β-unsaturated/α-hetero) is 1. The molecule has 2 aromatic carbocycles. The van der Waals surface area contributed by atoms with Crippen molar-refractivity contribution in [2.45, 2.75) is 18.0 Å². The van der Waals surface area contributed by atoms with Crippen molar-refractivity contribution in [3.63, 3.8) is 0 Å². The first-order valence-electron chi connectivity index (χ1n) is 7.38. The molecule has 0 bridgehead atoms. The molecule has 0 N–H and O–H groups in total. The van der Waals surface area contributed by atoms with Crippen molar-refractivity contribution in [2.75, 3.05) is 5.75 Å². The molecule has 0 aliphatic carbocycles. The Labute approximate surface area is 134 Å². The fraction of sp³-hybridized carbons (Fsp3) is 0.222. The van der Waals surface area contributed by atoms with Gasteiger partial charge in [0.1, 0.15) is 0 Å². The van der Waals surface area contributed by atoms with Gasteiger partial charge in [-0.25, -0.2) is 4.98 Å². The monoisotopic (exact) mass is 310 g/mol. The van der Waals surface area contributed by atoms with E-state index in [0.717, 1.165) is 33.9 Å². The second-order valence-electron chi connectivity index (χ2n) is 5.18. The number of aromatic nitrogens is 2. The zero-order valence-electron chi connectivity index (χ0n) is 12.5. The summed E-state index contributed by atoms with van der Waals surface area (Å²) in [4.78, 5) is 16.7. The molecule has 3 nitrogen and oxygen atoms in total. The highest BCUT2D eigenvalue weighted by Gasteiger charge is 2.08. The van der Waals surface area contributed by atoms with Gasteiger partial charge in [0.2, 0.25) is 0 Å². The SMILES string of the molecule is Cn1c(SCCCC(=O)c2ccccc2)nc2ccccc21. The van der Waals surface area contributed by atoms with Crippen LogP contribution in [0.15, 0.2) is 59.8 Å². The van der Waals surface area contributed by atoms with Crippen molar-refractivity contribution in [3.8, 4) is 0 Å². The van der Waals surface area contributed by atoms with E-state index in [9.17, 15) is 4.79 Å². The van der Waals surface area contributed by atoms with Crippen molar-refractivity contribution < 1.29 is 4.79 Å². The van der Waals surface area contributed by atoms with Gasteiger partial charge in [-0.1, -0.05) is 54.2 Å². The average Bonchev–Trinajstić information content (AvgIpc) is 2.89. The van der Waals surface area contributed by atoms with E-state index < -0.39 is 0 Å². The van der Waals surface area contributed by atoms with E-state index in [1.165, 1.54) is 0 Å². The first-order chi connectivity index (χ1) is 10.8. The number of aryl methyl sites for hydroxylation is 1. The molecule has 4 heteroatoms. The van der Waals surface area contributed by atoms with Crippen molar-refractivity contribution in [3.05, 3.63) is 60.2 Å². The highest BCUT2D eigenvalue weighted by atomic mass is 32.2. The van der Waals surface area contributed by atoms with Crippen molar-refractivity contribution in [2.24, 2.45) is 7.05 Å². The Kier molecular flexibility index (Phi) is 4.59. The summed E-state index contributed by atoms with van der Waals surface area (Å²) < 4.78 is 2.11. The van der Waals surface area contributed by atoms with Gasteiger partial charge >= 0.3 is 0 Å². The summed E-state index contributed by atoms with van der Waals surface area (Å²) in [7, 11) is 2.03. The number of imidazole rings is 1. The van der Waals surface area contributed by atoms with Gasteiger partial charge in [0.15, 0.2) is 10.9 Å². The van der Waals surface area contributed by atoms with Crippen LogP contribution in [0.4, 0.5) is 0 Å². The Morgan fingerprint density at radius 2 is 1.82 bits per heavy atom. The summed E-state index contributed by atoms with van der Waals surface area (Å²) in [5.74, 6) is 1.11. The topological polar surface area (TPSA) is 34.9 Å². The molecule has 0 aliphatic rings. The van der Waals surface area contributed by atoms with Crippen LogP contribution in [-0.2, 0) is 7.05 Å². The quantitative estimate of drug-likeness (QED) is 0.386. The molecule has 0 saturated heterocycles. The number of hydrogen-bond donors (Lipinski definition) is 0. The van der Waals surface area contributed by atoms with Crippen LogP contribution in [0.5, 0.6) is 0 Å². The molecule has 3 aromatic rings. The minimum Gasteiger partial charge on any atom is -0.322 e. The molecule has 0 spiro atoms. The van der Waals surface area contributed by atoms with Gasteiger partial charge in [-0.05, 0) is 18.6 Å². The van der Waals surface area contributed by atoms with Crippen molar-refractivity contribution >= 4 is 28.6 Å². The maximum atomic E-state index is 12.0. The lowest BCUT2D eigenvalue weighted by atomic mass is 10.1. The predicted octanol–water partition coefficient (Wildman–Crippen LogP) is 4.33.